The number of nitrogens with one attached hydrogen (secondary N) is 2. The second kappa shape index (κ2) is 8.62. The Hall–Kier alpha value is -1.62. The molecule has 32 heavy (non-hydrogen) atoms. The van der Waals surface area contributed by atoms with E-state index >= 15 is 0 Å². The minimum Gasteiger partial charge on any atom is -0.465 e. The van der Waals surface area contributed by atoms with Crippen molar-refractivity contribution in [2.24, 2.45) is 10.8 Å². The van der Waals surface area contributed by atoms with E-state index in [9.17, 15) is 9.59 Å². The molecule has 0 saturated carbocycles. The lowest BCUT2D eigenvalue weighted by Gasteiger charge is -2.55. The number of hydrogen-bond acceptors (Lipinski definition) is 9. The summed E-state index contributed by atoms with van der Waals surface area (Å²) in [6, 6.07) is 4.81. The van der Waals surface area contributed by atoms with E-state index in [1.807, 2.05) is 0 Å². The van der Waals surface area contributed by atoms with Crippen LogP contribution in [0, 0.1) is 17.8 Å². The van der Waals surface area contributed by atoms with E-state index in [1.165, 1.54) is 6.07 Å². The van der Waals surface area contributed by atoms with Crippen molar-refractivity contribution in [2.45, 2.75) is 13.0 Å². The number of benzene rings is 1. The average molecular weight is 488 g/mol. The molecule has 3 N–H and O–H groups in total. The van der Waals surface area contributed by atoms with Gasteiger partial charge in [-0.2, -0.15) is 0 Å². The quantitative estimate of drug-likeness (QED) is 0.526. The largest absolute Gasteiger partial charge is 0.465 e. The molecule has 0 aromatic heterocycles. The number of amides is 2. The van der Waals surface area contributed by atoms with Gasteiger partial charge in [0.2, 0.25) is 0 Å². The first-order chi connectivity index (χ1) is 15.4. The molecular formula is C18H22N2O10P2. The molecule has 2 amide bonds. The first-order valence-corrected chi connectivity index (χ1v) is 12.0. The molecule has 1 aromatic carbocycles. The SMILES string of the molecule is Cc1ccc(NC(=O)O)cc1NC(=O)OC(C12COP(OC1)OC2)C12COP(OC1)OC2. The van der Waals surface area contributed by atoms with E-state index in [-0.39, 0.29) is 0 Å². The molecule has 4 bridgehead atoms. The maximum atomic E-state index is 13.0. The maximum Gasteiger partial charge on any atom is 0.411 e. The van der Waals surface area contributed by atoms with Crippen molar-refractivity contribution >= 4 is 40.8 Å². The van der Waals surface area contributed by atoms with Crippen LogP contribution in [0.1, 0.15) is 5.56 Å². The number of rotatable bonds is 5. The highest BCUT2D eigenvalue weighted by molar-refractivity contribution is 7.42. The molecule has 12 nitrogen and oxygen atoms in total. The fourth-order valence-corrected chi connectivity index (χ4v) is 6.74. The molecule has 0 aliphatic carbocycles. The summed E-state index contributed by atoms with van der Waals surface area (Å²) in [4.78, 5) is 24.0. The van der Waals surface area contributed by atoms with Crippen LogP contribution in [0.15, 0.2) is 18.2 Å². The third kappa shape index (κ3) is 4.18. The summed E-state index contributed by atoms with van der Waals surface area (Å²) in [6.07, 6.45) is -2.67. The van der Waals surface area contributed by atoms with Gasteiger partial charge in [0.1, 0.15) is 6.10 Å². The average Bonchev–Trinajstić information content (AvgIpc) is 2.81. The van der Waals surface area contributed by atoms with Gasteiger partial charge >= 0.3 is 29.4 Å². The molecule has 14 heteroatoms. The zero-order valence-corrected chi connectivity index (χ0v) is 18.9. The zero-order chi connectivity index (χ0) is 22.3. The molecule has 0 radical (unpaired) electrons. The van der Waals surface area contributed by atoms with Crippen LogP contribution in [0.3, 0.4) is 0 Å². The van der Waals surface area contributed by atoms with Crippen LogP contribution in [0.4, 0.5) is 21.0 Å². The lowest BCUT2D eigenvalue weighted by molar-refractivity contribution is -0.211. The number of carboxylic acid groups (broad SMARTS) is 1. The van der Waals surface area contributed by atoms with Gasteiger partial charge in [-0.15, -0.1) is 0 Å². The first-order valence-electron chi connectivity index (χ1n) is 9.84. The molecule has 6 fully saturated rings. The van der Waals surface area contributed by atoms with Crippen LogP contribution in [0.5, 0.6) is 0 Å². The Morgan fingerprint density at radius 3 is 1.91 bits per heavy atom. The summed E-state index contributed by atoms with van der Waals surface area (Å²) in [5.74, 6) is 0. The molecular weight excluding hydrogens is 466 g/mol. The predicted molar refractivity (Wildman–Crippen MR) is 111 cm³/mol. The van der Waals surface area contributed by atoms with Crippen LogP contribution < -0.4 is 10.6 Å². The second-order valence-electron chi connectivity index (χ2n) is 8.18. The van der Waals surface area contributed by atoms with E-state index in [2.05, 4.69) is 10.6 Å². The van der Waals surface area contributed by atoms with E-state index in [4.69, 9.17) is 37.0 Å². The van der Waals surface area contributed by atoms with E-state index in [1.54, 1.807) is 19.1 Å². The predicted octanol–water partition coefficient (Wildman–Crippen LogP) is 3.58. The summed E-state index contributed by atoms with van der Waals surface area (Å²) < 4.78 is 39.9. The number of anilines is 2. The Balaban J connectivity index is 1.38. The summed E-state index contributed by atoms with van der Waals surface area (Å²) in [7, 11) is -2.73. The Morgan fingerprint density at radius 1 is 0.938 bits per heavy atom. The molecule has 6 saturated heterocycles. The Kier molecular flexibility index (Phi) is 5.98. The van der Waals surface area contributed by atoms with Gasteiger partial charge in [0, 0.05) is 11.4 Å². The highest BCUT2D eigenvalue weighted by Gasteiger charge is 2.62. The highest BCUT2D eigenvalue weighted by atomic mass is 31.2. The van der Waals surface area contributed by atoms with E-state index in [0.717, 1.165) is 5.56 Å². The van der Waals surface area contributed by atoms with Gasteiger partial charge in [-0.1, -0.05) is 6.07 Å². The third-order valence-electron chi connectivity index (χ3n) is 5.81. The van der Waals surface area contributed by atoms with Gasteiger partial charge in [-0.05, 0) is 24.6 Å². The number of ether oxygens (including phenoxy) is 1. The summed E-state index contributed by atoms with van der Waals surface area (Å²) in [5, 5.41) is 13.9. The standard InChI is InChI=1S/C18H22N2O10P2/c1-11-2-3-12(19-15(21)22)4-13(11)20-16(23)30-14(17-5-24-31(25-6-17)26-7-17)18-8-27-32(28-9-18)29-10-18/h2-4,14,19H,5-10H2,1H3,(H,20,23)(H,21,22). The van der Waals surface area contributed by atoms with Gasteiger partial charge in [0.25, 0.3) is 0 Å². The highest BCUT2D eigenvalue weighted by Crippen LogP contribution is 2.61. The maximum absolute atomic E-state index is 13.0. The van der Waals surface area contributed by atoms with Gasteiger partial charge in [0.05, 0.1) is 50.5 Å². The number of carbonyl (C=O) groups is 2. The number of fused-ring (bicyclic) bond motifs is 6. The Morgan fingerprint density at radius 2 is 1.44 bits per heavy atom. The molecule has 0 unspecified atom stereocenters. The van der Waals surface area contributed by atoms with Crippen molar-refractivity contribution < 1.29 is 46.6 Å². The fraction of sp³-hybridized carbons (Fsp3) is 0.556. The molecule has 1 aromatic rings. The number of carbonyl (C=O) groups excluding carboxylic acids is 1. The van der Waals surface area contributed by atoms with Crippen molar-refractivity contribution in [3.63, 3.8) is 0 Å². The fourth-order valence-electron chi connectivity index (χ4n) is 4.12. The van der Waals surface area contributed by atoms with Gasteiger partial charge in [-0.3, -0.25) is 10.6 Å². The molecule has 0 atom stereocenters. The van der Waals surface area contributed by atoms with Crippen molar-refractivity contribution in [2.75, 3.05) is 50.3 Å². The monoisotopic (exact) mass is 488 g/mol. The van der Waals surface area contributed by atoms with Crippen molar-refractivity contribution in [1.82, 2.24) is 0 Å². The zero-order valence-electron chi connectivity index (χ0n) is 17.1. The number of hydrogen-bond donors (Lipinski definition) is 3. The van der Waals surface area contributed by atoms with Crippen LogP contribution >= 0.6 is 17.2 Å². The molecule has 6 aliphatic rings. The van der Waals surface area contributed by atoms with Gasteiger partial charge < -0.3 is 37.0 Å². The van der Waals surface area contributed by atoms with Crippen LogP contribution in [-0.4, -0.2) is 63.0 Å². The summed E-state index contributed by atoms with van der Waals surface area (Å²) >= 11 is 0. The molecule has 7 rings (SSSR count). The molecule has 6 aliphatic heterocycles. The van der Waals surface area contributed by atoms with Crippen LogP contribution in [-0.2, 0) is 31.9 Å². The lowest BCUT2D eigenvalue weighted by Crippen LogP contribution is -2.64. The molecule has 6 heterocycles. The van der Waals surface area contributed by atoms with Crippen LogP contribution in [0.2, 0.25) is 0 Å². The first kappa shape index (κ1) is 22.2. The normalized spacial score (nSPS) is 34.0. The smallest absolute Gasteiger partial charge is 0.411 e. The molecule has 174 valence electrons. The summed E-state index contributed by atoms with van der Waals surface area (Å²) in [6.45, 7) is 3.65. The Bertz CT molecular complexity index is 842. The van der Waals surface area contributed by atoms with Crippen molar-refractivity contribution in [3.05, 3.63) is 23.8 Å². The van der Waals surface area contributed by atoms with Gasteiger partial charge in [-0.25, -0.2) is 9.59 Å². The van der Waals surface area contributed by atoms with Crippen molar-refractivity contribution in [1.29, 1.82) is 0 Å². The second-order valence-corrected chi connectivity index (χ2v) is 10.6. The van der Waals surface area contributed by atoms with E-state index in [0.29, 0.717) is 51.0 Å². The topological polar surface area (TPSA) is 143 Å². The van der Waals surface area contributed by atoms with Crippen LogP contribution in [0.25, 0.3) is 0 Å². The molecule has 0 spiro atoms. The summed E-state index contributed by atoms with van der Waals surface area (Å²) in [5.41, 5.74) is -0.0295. The number of aryl methyl sites for hydroxylation is 1. The Labute approximate surface area is 185 Å². The minimum atomic E-state index is -1.37. The minimum absolute atomic E-state index is 0.310. The lowest BCUT2D eigenvalue weighted by atomic mass is 9.69. The van der Waals surface area contributed by atoms with Gasteiger partial charge in [0.15, 0.2) is 0 Å². The van der Waals surface area contributed by atoms with E-state index < -0.39 is 46.3 Å². The van der Waals surface area contributed by atoms with Crippen molar-refractivity contribution in [3.8, 4) is 0 Å². The third-order valence-corrected chi connectivity index (χ3v) is 7.85.